The first kappa shape index (κ1) is 11.7. The van der Waals surface area contributed by atoms with Gasteiger partial charge in [-0.15, -0.1) is 0 Å². The zero-order chi connectivity index (χ0) is 9.40. The predicted molar refractivity (Wildman–Crippen MR) is 54.1 cm³/mol. The van der Waals surface area contributed by atoms with Crippen LogP contribution in [0.25, 0.3) is 0 Å². The maximum atomic E-state index is 8.98. The van der Waals surface area contributed by atoms with E-state index in [9.17, 15) is 0 Å². The first-order valence-corrected chi connectivity index (χ1v) is 4.97. The summed E-state index contributed by atoms with van der Waals surface area (Å²) < 4.78 is 0. The van der Waals surface area contributed by atoms with Crippen molar-refractivity contribution in [1.29, 1.82) is 0 Å². The largest absolute Gasteiger partial charge is 0.393 e. The quantitative estimate of drug-likeness (QED) is 0.479. The highest BCUT2D eigenvalue weighted by Crippen LogP contribution is 2.04. The van der Waals surface area contributed by atoms with Gasteiger partial charge in [-0.2, -0.15) is 0 Å². The Morgan fingerprint density at radius 3 is 2.33 bits per heavy atom. The molecule has 0 radical (unpaired) electrons. The summed E-state index contributed by atoms with van der Waals surface area (Å²) in [7, 11) is 0. The van der Waals surface area contributed by atoms with Crippen LogP contribution in [0.3, 0.4) is 0 Å². The Morgan fingerprint density at radius 1 is 1.17 bits per heavy atom. The van der Waals surface area contributed by atoms with E-state index in [1.165, 1.54) is 6.42 Å². The third kappa shape index (κ3) is 9.70. The van der Waals surface area contributed by atoms with E-state index >= 15 is 0 Å². The molecule has 1 atom stereocenters. The smallest absolute Gasteiger partial charge is 0.0512 e. The zero-order valence-electron chi connectivity index (χ0n) is 8.59. The molecular formula is C11H22O. The second-order valence-corrected chi connectivity index (χ2v) is 3.81. The maximum absolute atomic E-state index is 8.98. The molecule has 0 heterocycles. The number of unbranched alkanes of at least 4 members (excludes halogenated alkanes) is 2. The molecule has 0 saturated carbocycles. The molecule has 0 spiro atoms. The molecule has 0 aromatic carbocycles. The molecule has 0 bridgehead atoms. The summed E-state index contributed by atoms with van der Waals surface area (Å²) in [4.78, 5) is 0. The molecule has 0 aromatic heterocycles. The Balaban J connectivity index is 3.11. The van der Waals surface area contributed by atoms with E-state index in [0.717, 1.165) is 19.3 Å². The molecule has 1 heteroatoms. The average Bonchev–Trinajstić information content (AvgIpc) is 1.95. The lowest BCUT2D eigenvalue weighted by Crippen LogP contribution is -1.97. The lowest BCUT2D eigenvalue weighted by molar-refractivity contribution is 0.181. The van der Waals surface area contributed by atoms with Crippen molar-refractivity contribution in [2.24, 2.45) is 5.92 Å². The van der Waals surface area contributed by atoms with E-state index in [0.29, 0.717) is 5.92 Å². The molecule has 12 heavy (non-hydrogen) atoms. The Kier molecular flexibility index (Phi) is 7.17. The minimum Gasteiger partial charge on any atom is -0.393 e. The third-order valence-electron chi connectivity index (χ3n) is 1.76. The summed E-state index contributed by atoms with van der Waals surface area (Å²) in [6, 6.07) is 0. The van der Waals surface area contributed by atoms with Crippen LogP contribution in [-0.4, -0.2) is 11.2 Å². The van der Waals surface area contributed by atoms with Gasteiger partial charge in [-0.05, 0) is 32.1 Å². The van der Waals surface area contributed by atoms with E-state index in [2.05, 4.69) is 26.0 Å². The van der Waals surface area contributed by atoms with Crippen molar-refractivity contribution in [3.63, 3.8) is 0 Å². The van der Waals surface area contributed by atoms with Gasteiger partial charge < -0.3 is 5.11 Å². The average molecular weight is 170 g/mol. The lowest BCUT2D eigenvalue weighted by Gasteiger charge is -2.01. The maximum Gasteiger partial charge on any atom is 0.0512 e. The molecule has 0 aliphatic carbocycles. The summed E-state index contributed by atoms with van der Waals surface area (Å²) in [6.45, 7) is 6.22. The monoisotopic (exact) mass is 170 g/mol. The molecule has 0 fully saturated rings. The van der Waals surface area contributed by atoms with Gasteiger partial charge in [0.2, 0.25) is 0 Å². The van der Waals surface area contributed by atoms with Gasteiger partial charge in [0, 0.05) is 0 Å². The Bertz CT molecular complexity index is 114. The fourth-order valence-corrected chi connectivity index (χ4v) is 1.07. The van der Waals surface area contributed by atoms with Crippen molar-refractivity contribution in [3.8, 4) is 0 Å². The predicted octanol–water partition coefficient (Wildman–Crippen LogP) is 3.14. The van der Waals surface area contributed by atoms with Crippen molar-refractivity contribution in [3.05, 3.63) is 12.2 Å². The highest BCUT2D eigenvalue weighted by molar-refractivity contribution is 4.83. The van der Waals surface area contributed by atoms with Crippen LogP contribution in [0.4, 0.5) is 0 Å². The van der Waals surface area contributed by atoms with Crippen LogP contribution in [0.5, 0.6) is 0 Å². The Hall–Kier alpha value is -0.300. The van der Waals surface area contributed by atoms with Gasteiger partial charge >= 0.3 is 0 Å². The number of allylic oxidation sites excluding steroid dienone is 2. The minimum atomic E-state index is -0.126. The summed E-state index contributed by atoms with van der Waals surface area (Å²) in [6.07, 6.45) is 8.79. The van der Waals surface area contributed by atoms with Crippen LogP contribution in [0, 0.1) is 5.92 Å². The second kappa shape index (κ2) is 7.35. The van der Waals surface area contributed by atoms with Crippen molar-refractivity contribution < 1.29 is 5.11 Å². The number of hydrogen-bond donors (Lipinski definition) is 1. The van der Waals surface area contributed by atoms with Gasteiger partial charge in [0.1, 0.15) is 0 Å². The highest BCUT2D eigenvalue weighted by atomic mass is 16.3. The molecule has 0 aliphatic rings. The molecule has 0 aliphatic heterocycles. The van der Waals surface area contributed by atoms with Gasteiger partial charge in [0.15, 0.2) is 0 Å². The fraction of sp³-hybridized carbons (Fsp3) is 0.818. The normalized spacial score (nSPS) is 14.4. The molecular weight excluding hydrogens is 148 g/mol. The van der Waals surface area contributed by atoms with Gasteiger partial charge in [-0.25, -0.2) is 0 Å². The summed E-state index contributed by atoms with van der Waals surface area (Å²) in [5.41, 5.74) is 0. The fourth-order valence-electron chi connectivity index (χ4n) is 1.07. The molecule has 0 unspecified atom stereocenters. The molecule has 0 saturated heterocycles. The second-order valence-electron chi connectivity index (χ2n) is 3.81. The van der Waals surface area contributed by atoms with E-state index < -0.39 is 0 Å². The standard InChI is InChI=1S/C11H22O/c1-10(2)8-6-4-5-7-9-11(3)12/h6,8,10-12H,4-5,7,9H2,1-3H3/t11-/m1/s1. The van der Waals surface area contributed by atoms with Crippen molar-refractivity contribution in [1.82, 2.24) is 0 Å². The number of aliphatic hydroxyl groups excluding tert-OH is 1. The molecule has 1 N–H and O–H groups in total. The topological polar surface area (TPSA) is 20.2 Å². The molecule has 0 amide bonds. The van der Waals surface area contributed by atoms with Crippen LogP contribution in [0.2, 0.25) is 0 Å². The molecule has 0 rings (SSSR count). The Morgan fingerprint density at radius 2 is 1.83 bits per heavy atom. The minimum absolute atomic E-state index is 0.126. The van der Waals surface area contributed by atoms with Crippen molar-refractivity contribution in [2.75, 3.05) is 0 Å². The summed E-state index contributed by atoms with van der Waals surface area (Å²) in [5.74, 6) is 0.668. The molecule has 0 aromatic rings. The van der Waals surface area contributed by atoms with Crippen LogP contribution in [-0.2, 0) is 0 Å². The van der Waals surface area contributed by atoms with E-state index in [1.807, 2.05) is 6.92 Å². The summed E-state index contributed by atoms with van der Waals surface area (Å²) >= 11 is 0. The zero-order valence-corrected chi connectivity index (χ0v) is 8.59. The number of rotatable bonds is 6. The number of aliphatic hydroxyl groups is 1. The van der Waals surface area contributed by atoms with Crippen molar-refractivity contribution >= 4 is 0 Å². The summed E-state index contributed by atoms with van der Waals surface area (Å²) in [5, 5.41) is 8.98. The highest BCUT2D eigenvalue weighted by Gasteiger charge is 1.93. The van der Waals surface area contributed by atoms with Crippen LogP contribution >= 0.6 is 0 Å². The van der Waals surface area contributed by atoms with Gasteiger partial charge in [-0.1, -0.05) is 32.4 Å². The van der Waals surface area contributed by atoms with Crippen LogP contribution in [0.1, 0.15) is 46.5 Å². The van der Waals surface area contributed by atoms with Crippen LogP contribution < -0.4 is 0 Å². The van der Waals surface area contributed by atoms with Crippen LogP contribution in [0.15, 0.2) is 12.2 Å². The Labute approximate surface area is 76.5 Å². The van der Waals surface area contributed by atoms with E-state index in [-0.39, 0.29) is 6.10 Å². The SMILES string of the molecule is CC(C)C=CCCCC[C@@H](C)O. The first-order valence-electron chi connectivity index (χ1n) is 4.97. The lowest BCUT2D eigenvalue weighted by atomic mass is 10.1. The molecule has 1 nitrogen and oxygen atoms in total. The molecule has 72 valence electrons. The van der Waals surface area contributed by atoms with Gasteiger partial charge in [-0.3, -0.25) is 0 Å². The van der Waals surface area contributed by atoms with Gasteiger partial charge in [0.05, 0.1) is 6.10 Å². The van der Waals surface area contributed by atoms with E-state index in [1.54, 1.807) is 0 Å². The number of hydrogen-bond acceptors (Lipinski definition) is 1. The third-order valence-corrected chi connectivity index (χ3v) is 1.76. The van der Waals surface area contributed by atoms with E-state index in [4.69, 9.17) is 5.11 Å². The first-order chi connectivity index (χ1) is 5.63. The van der Waals surface area contributed by atoms with Gasteiger partial charge in [0.25, 0.3) is 0 Å². The van der Waals surface area contributed by atoms with Crippen molar-refractivity contribution in [2.45, 2.75) is 52.6 Å².